The molecule has 0 spiro atoms. The molecule has 0 amide bonds. The Bertz CT molecular complexity index is 248. The predicted octanol–water partition coefficient (Wildman–Crippen LogP) is 2.35. The maximum atomic E-state index is 4.95. The van der Waals surface area contributed by atoms with Crippen molar-refractivity contribution in [2.24, 2.45) is 22.1 Å². The molecule has 64 valence electrons. The fourth-order valence-electron chi connectivity index (χ4n) is 1.00. The molecule has 12 heavy (non-hydrogen) atoms. The normalized spacial score (nSPS) is 33.4. The van der Waals surface area contributed by atoms with Crippen LogP contribution in [0.2, 0.25) is 0 Å². The third-order valence-corrected chi connectivity index (χ3v) is 1.69. The highest BCUT2D eigenvalue weighted by atomic mass is 15.3. The van der Waals surface area contributed by atoms with Crippen LogP contribution in [0.1, 0.15) is 13.3 Å². The Morgan fingerprint density at radius 3 is 3.08 bits per heavy atom. The summed E-state index contributed by atoms with van der Waals surface area (Å²) in [5, 5.41) is 7.00. The van der Waals surface area contributed by atoms with Gasteiger partial charge in [0.1, 0.15) is 0 Å². The molecule has 1 aliphatic carbocycles. The van der Waals surface area contributed by atoms with Crippen LogP contribution in [-0.2, 0) is 0 Å². The second kappa shape index (κ2) is 4.49. The van der Waals surface area contributed by atoms with Crippen LogP contribution in [0.3, 0.4) is 0 Å². The van der Waals surface area contributed by atoms with Crippen molar-refractivity contribution in [2.75, 3.05) is 0 Å². The van der Waals surface area contributed by atoms with Gasteiger partial charge in [-0.2, -0.15) is 0 Å². The SMILES string of the molecule is CC1\C=C/C=C\C(N=NN)=C\C1. The van der Waals surface area contributed by atoms with E-state index in [4.69, 9.17) is 5.84 Å². The zero-order valence-corrected chi connectivity index (χ0v) is 7.14. The molecule has 0 fully saturated rings. The summed E-state index contributed by atoms with van der Waals surface area (Å²) in [4.78, 5) is 0. The van der Waals surface area contributed by atoms with Crippen molar-refractivity contribution in [3.8, 4) is 0 Å². The fraction of sp³-hybridized carbons (Fsp3) is 0.333. The van der Waals surface area contributed by atoms with E-state index in [0.717, 1.165) is 12.1 Å². The highest BCUT2D eigenvalue weighted by Crippen LogP contribution is 2.12. The first-order valence-electron chi connectivity index (χ1n) is 3.99. The molecule has 0 aromatic carbocycles. The minimum atomic E-state index is 0.554. The number of nitrogens with zero attached hydrogens (tertiary/aromatic N) is 2. The molecule has 0 radical (unpaired) electrons. The zero-order chi connectivity index (χ0) is 8.81. The highest BCUT2D eigenvalue weighted by Gasteiger charge is 1.97. The standard InChI is InChI=1S/C9H13N3/c1-8-4-2-3-5-9(7-6-8)11-12-10/h2-5,7-8H,6H2,1H3,(H2,10,11)/b4-2-,5-3-,9-7-. The van der Waals surface area contributed by atoms with Gasteiger partial charge in [0.25, 0.3) is 0 Å². The summed E-state index contributed by atoms with van der Waals surface area (Å²) in [6, 6.07) is 0. The van der Waals surface area contributed by atoms with Gasteiger partial charge in [0.15, 0.2) is 0 Å². The Labute approximate surface area is 72.3 Å². The number of rotatable bonds is 1. The van der Waals surface area contributed by atoms with E-state index in [-0.39, 0.29) is 0 Å². The molecule has 1 atom stereocenters. The average molecular weight is 163 g/mol. The monoisotopic (exact) mass is 163 g/mol. The van der Waals surface area contributed by atoms with Crippen molar-refractivity contribution in [1.29, 1.82) is 0 Å². The number of hydrogen-bond acceptors (Lipinski definition) is 2. The van der Waals surface area contributed by atoms with Gasteiger partial charge in [-0.05, 0) is 18.4 Å². The Morgan fingerprint density at radius 1 is 1.50 bits per heavy atom. The van der Waals surface area contributed by atoms with Gasteiger partial charge < -0.3 is 5.84 Å². The number of hydrogen-bond donors (Lipinski definition) is 1. The molecule has 2 N–H and O–H groups in total. The second-order valence-corrected chi connectivity index (χ2v) is 2.80. The molecule has 0 saturated heterocycles. The minimum Gasteiger partial charge on any atom is -0.305 e. The summed E-state index contributed by atoms with van der Waals surface area (Å²) in [6.07, 6.45) is 11.0. The Morgan fingerprint density at radius 2 is 2.33 bits per heavy atom. The van der Waals surface area contributed by atoms with E-state index in [2.05, 4.69) is 23.3 Å². The molecule has 1 rings (SSSR count). The van der Waals surface area contributed by atoms with Crippen LogP contribution >= 0.6 is 0 Å². The van der Waals surface area contributed by atoms with Gasteiger partial charge in [0, 0.05) is 0 Å². The highest BCUT2D eigenvalue weighted by molar-refractivity contribution is 5.23. The molecule has 0 aromatic heterocycles. The molecule has 0 saturated carbocycles. The molecule has 0 bridgehead atoms. The van der Waals surface area contributed by atoms with E-state index in [1.165, 1.54) is 0 Å². The lowest BCUT2D eigenvalue weighted by atomic mass is 10.1. The van der Waals surface area contributed by atoms with E-state index in [1.54, 1.807) is 0 Å². The third kappa shape index (κ3) is 2.70. The van der Waals surface area contributed by atoms with E-state index in [9.17, 15) is 0 Å². The van der Waals surface area contributed by atoms with Gasteiger partial charge in [0.05, 0.1) is 5.70 Å². The molecular formula is C9H13N3. The van der Waals surface area contributed by atoms with E-state index in [0.29, 0.717) is 5.92 Å². The van der Waals surface area contributed by atoms with Crippen LogP contribution in [-0.4, -0.2) is 0 Å². The fourth-order valence-corrected chi connectivity index (χ4v) is 1.00. The largest absolute Gasteiger partial charge is 0.305 e. The molecule has 0 aliphatic heterocycles. The third-order valence-electron chi connectivity index (χ3n) is 1.69. The summed E-state index contributed by atoms with van der Waals surface area (Å²) in [6.45, 7) is 2.16. The molecule has 0 heterocycles. The molecular weight excluding hydrogens is 150 g/mol. The van der Waals surface area contributed by atoms with Crippen LogP contribution in [0, 0.1) is 5.92 Å². The van der Waals surface area contributed by atoms with Crippen molar-refractivity contribution in [3.05, 3.63) is 36.1 Å². The van der Waals surface area contributed by atoms with Crippen LogP contribution in [0.4, 0.5) is 0 Å². The van der Waals surface area contributed by atoms with Crippen LogP contribution < -0.4 is 5.84 Å². The Hall–Kier alpha value is -1.38. The summed E-state index contributed by atoms with van der Waals surface area (Å²) in [5.41, 5.74) is 0.828. The molecule has 3 nitrogen and oxygen atoms in total. The smallest absolute Gasteiger partial charge is 0.0834 e. The van der Waals surface area contributed by atoms with Crippen molar-refractivity contribution in [2.45, 2.75) is 13.3 Å². The van der Waals surface area contributed by atoms with Crippen molar-refractivity contribution < 1.29 is 0 Å². The second-order valence-electron chi connectivity index (χ2n) is 2.80. The first-order valence-corrected chi connectivity index (χ1v) is 3.99. The topological polar surface area (TPSA) is 50.7 Å². The van der Waals surface area contributed by atoms with Gasteiger partial charge in [-0.15, -0.1) is 5.11 Å². The summed E-state index contributed by atoms with van der Waals surface area (Å²) in [7, 11) is 0. The average Bonchev–Trinajstić information content (AvgIpc) is 2.04. The lowest BCUT2D eigenvalue weighted by molar-refractivity contribution is 0.738. The first-order chi connectivity index (χ1) is 5.83. The quantitative estimate of drug-likeness (QED) is 0.360. The first kappa shape index (κ1) is 8.71. The van der Waals surface area contributed by atoms with Gasteiger partial charge >= 0.3 is 0 Å². The van der Waals surface area contributed by atoms with Crippen LogP contribution in [0.25, 0.3) is 0 Å². The van der Waals surface area contributed by atoms with Gasteiger partial charge in [-0.1, -0.05) is 36.5 Å². The zero-order valence-electron chi connectivity index (χ0n) is 7.14. The van der Waals surface area contributed by atoms with Crippen LogP contribution in [0.5, 0.6) is 0 Å². The summed E-state index contributed by atoms with van der Waals surface area (Å²) < 4.78 is 0. The lowest BCUT2D eigenvalue weighted by Crippen LogP contribution is -1.89. The number of allylic oxidation sites excluding steroid dienone is 5. The lowest BCUT2D eigenvalue weighted by Gasteiger charge is -2.02. The molecule has 3 heteroatoms. The van der Waals surface area contributed by atoms with Gasteiger partial charge in [0.2, 0.25) is 0 Å². The summed E-state index contributed by atoms with van der Waals surface area (Å²) in [5.74, 6) is 5.50. The van der Waals surface area contributed by atoms with E-state index in [1.807, 2.05) is 24.3 Å². The Kier molecular flexibility index (Phi) is 3.26. The van der Waals surface area contributed by atoms with Crippen LogP contribution in [0.15, 0.2) is 46.4 Å². The predicted molar refractivity (Wildman–Crippen MR) is 49.2 cm³/mol. The summed E-state index contributed by atoms with van der Waals surface area (Å²) >= 11 is 0. The van der Waals surface area contributed by atoms with Gasteiger partial charge in [-0.25, -0.2) is 0 Å². The molecule has 0 aromatic rings. The van der Waals surface area contributed by atoms with E-state index < -0.39 is 0 Å². The number of nitrogens with two attached hydrogens (primary N) is 1. The molecule has 1 aliphatic rings. The van der Waals surface area contributed by atoms with Crippen molar-refractivity contribution in [1.82, 2.24) is 0 Å². The minimum absolute atomic E-state index is 0.554. The maximum Gasteiger partial charge on any atom is 0.0834 e. The maximum absolute atomic E-state index is 4.95. The molecule has 1 unspecified atom stereocenters. The van der Waals surface area contributed by atoms with Gasteiger partial charge in [-0.3, -0.25) is 0 Å². The Balaban J connectivity index is 2.75. The van der Waals surface area contributed by atoms with Crippen molar-refractivity contribution >= 4 is 0 Å². The van der Waals surface area contributed by atoms with Crippen molar-refractivity contribution in [3.63, 3.8) is 0 Å². The van der Waals surface area contributed by atoms with E-state index >= 15 is 0 Å².